The first-order chi connectivity index (χ1) is 9.81. The zero-order valence-corrected chi connectivity index (χ0v) is 10.9. The number of nitrogen functional groups attached to an aromatic ring is 1. The Balaban J connectivity index is 1.78. The van der Waals surface area contributed by atoms with Gasteiger partial charge in [0.25, 0.3) is 0 Å². The first-order valence-electron chi connectivity index (χ1n) is 6.60. The van der Waals surface area contributed by atoms with Gasteiger partial charge < -0.3 is 10.6 Å². The molecule has 0 amide bonds. The fourth-order valence-electron chi connectivity index (χ4n) is 2.72. The average Bonchev–Trinajstić information content (AvgIpc) is 2.86. The molecule has 0 spiro atoms. The molecule has 0 radical (unpaired) electrons. The first-order valence-corrected chi connectivity index (χ1v) is 6.60. The lowest BCUT2D eigenvalue weighted by atomic mass is 10.00. The summed E-state index contributed by atoms with van der Waals surface area (Å²) in [5.41, 5.74) is 9.14. The number of rotatable bonds is 1. The average molecular weight is 266 g/mol. The lowest BCUT2D eigenvalue weighted by Gasteiger charge is -2.29. The Hall–Kier alpha value is -2.63. The lowest BCUT2D eigenvalue weighted by molar-refractivity contribution is 0.719. The smallest absolute Gasteiger partial charge is 0.240 e. The molecule has 100 valence electrons. The van der Waals surface area contributed by atoms with Crippen LogP contribution in [0.1, 0.15) is 11.1 Å². The van der Waals surface area contributed by atoms with E-state index in [1.165, 1.54) is 11.1 Å². The second kappa shape index (κ2) is 4.19. The molecule has 0 fully saturated rings. The van der Waals surface area contributed by atoms with Crippen molar-refractivity contribution in [2.75, 3.05) is 17.2 Å². The van der Waals surface area contributed by atoms with Crippen molar-refractivity contribution < 1.29 is 0 Å². The van der Waals surface area contributed by atoms with Gasteiger partial charge in [-0.15, -0.1) is 5.10 Å². The van der Waals surface area contributed by atoms with Gasteiger partial charge in [-0.25, -0.2) is 9.50 Å². The highest BCUT2D eigenvalue weighted by atomic mass is 15.4. The van der Waals surface area contributed by atoms with Gasteiger partial charge in [0.05, 0.1) is 0 Å². The Morgan fingerprint density at radius 2 is 2.00 bits per heavy atom. The number of nitrogens with zero attached hydrogens (tertiary/aromatic N) is 5. The summed E-state index contributed by atoms with van der Waals surface area (Å²) in [4.78, 5) is 11.0. The summed E-state index contributed by atoms with van der Waals surface area (Å²) in [5.74, 6) is 1.11. The van der Waals surface area contributed by atoms with Gasteiger partial charge in [0.2, 0.25) is 5.95 Å². The van der Waals surface area contributed by atoms with Crippen LogP contribution in [0.15, 0.2) is 36.7 Å². The summed E-state index contributed by atoms with van der Waals surface area (Å²) in [6, 6.07) is 8.52. The molecule has 0 saturated carbocycles. The maximum Gasteiger partial charge on any atom is 0.240 e. The monoisotopic (exact) mass is 266 g/mol. The van der Waals surface area contributed by atoms with E-state index in [4.69, 9.17) is 5.73 Å². The SMILES string of the molecule is Nc1nc2c(N3CCc4ccccc4C3)nccn2n1. The minimum absolute atomic E-state index is 0.275. The second-order valence-electron chi connectivity index (χ2n) is 4.93. The highest BCUT2D eigenvalue weighted by molar-refractivity contribution is 5.65. The highest BCUT2D eigenvalue weighted by Gasteiger charge is 2.20. The zero-order valence-electron chi connectivity index (χ0n) is 10.9. The van der Waals surface area contributed by atoms with Gasteiger partial charge in [0.1, 0.15) is 0 Å². The number of anilines is 2. The molecule has 0 saturated heterocycles. The number of hydrogen-bond donors (Lipinski definition) is 1. The number of hydrogen-bond acceptors (Lipinski definition) is 5. The zero-order chi connectivity index (χ0) is 13.5. The third-order valence-electron chi connectivity index (χ3n) is 3.68. The van der Waals surface area contributed by atoms with Gasteiger partial charge >= 0.3 is 0 Å². The number of benzene rings is 1. The van der Waals surface area contributed by atoms with Crippen LogP contribution in [-0.2, 0) is 13.0 Å². The minimum atomic E-state index is 0.275. The van der Waals surface area contributed by atoms with E-state index < -0.39 is 0 Å². The molecule has 0 atom stereocenters. The predicted molar refractivity (Wildman–Crippen MR) is 76.4 cm³/mol. The molecule has 1 aliphatic rings. The third-order valence-corrected chi connectivity index (χ3v) is 3.68. The third kappa shape index (κ3) is 1.69. The first kappa shape index (κ1) is 11.2. The molecule has 0 aliphatic carbocycles. The Morgan fingerprint density at radius 3 is 2.90 bits per heavy atom. The molecule has 20 heavy (non-hydrogen) atoms. The maximum atomic E-state index is 5.68. The molecule has 4 rings (SSSR count). The topological polar surface area (TPSA) is 72.3 Å². The van der Waals surface area contributed by atoms with Crippen LogP contribution < -0.4 is 10.6 Å². The van der Waals surface area contributed by atoms with Gasteiger partial charge in [-0.2, -0.15) is 4.98 Å². The largest absolute Gasteiger partial charge is 0.366 e. The Labute approximate surface area is 115 Å². The maximum absolute atomic E-state index is 5.68. The summed E-state index contributed by atoms with van der Waals surface area (Å²) in [7, 11) is 0. The van der Waals surface area contributed by atoms with Crippen molar-refractivity contribution in [1.29, 1.82) is 0 Å². The van der Waals surface area contributed by atoms with Gasteiger partial charge in [-0.3, -0.25) is 0 Å². The van der Waals surface area contributed by atoms with E-state index in [1.54, 1.807) is 16.9 Å². The predicted octanol–water partition coefficient (Wildman–Crippen LogP) is 1.27. The molecule has 6 heteroatoms. The summed E-state index contributed by atoms with van der Waals surface area (Å²) in [6.07, 6.45) is 4.51. The van der Waals surface area contributed by atoms with E-state index >= 15 is 0 Å². The van der Waals surface area contributed by atoms with E-state index in [-0.39, 0.29) is 5.95 Å². The van der Waals surface area contributed by atoms with Crippen LogP contribution >= 0.6 is 0 Å². The number of nitrogens with two attached hydrogens (primary N) is 1. The standard InChI is InChI=1S/C14H14N6/c15-14-17-13-12(16-6-8-20(13)18-14)19-7-5-10-3-1-2-4-11(10)9-19/h1-4,6,8H,5,7,9H2,(H2,15,18). The van der Waals surface area contributed by atoms with Gasteiger partial charge in [0, 0.05) is 25.5 Å². The van der Waals surface area contributed by atoms with Crippen molar-refractivity contribution in [3.05, 3.63) is 47.8 Å². The summed E-state index contributed by atoms with van der Waals surface area (Å²) < 4.78 is 1.68. The highest BCUT2D eigenvalue weighted by Crippen LogP contribution is 2.25. The Morgan fingerprint density at radius 1 is 1.15 bits per heavy atom. The lowest BCUT2D eigenvalue weighted by Crippen LogP contribution is -2.31. The number of fused-ring (bicyclic) bond motifs is 2. The molecular weight excluding hydrogens is 252 g/mol. The van der Waals surface area contributed by atoms with Gasteiger partial charge in [0.15, 0.2) is 11.5 Å². The van der Waals surface area contributed by atoms with E-state index in [0.717, 1.165) is 25.3 Å². The van der Waals surface area contributed by atoms with E-state index in [0.29, 0.717) is 5.65 Å². The molecule has 2 N–H and O–H groups in total. The minimum Gasteiger partial charge on any atom is -0.366 e. The molecule has 1 aliphatic heterocycles. The summed E-state index contributed by atoms with van der Waals surface area (Å²) >= 11 is 0. The van der Waals surface area contributed by atoms with Crippen molar-refractivity contribution in [1.82, 2.24) is 19.6 Å². The van der Waals surface area contributed by atoms with Gasteiger partial charge in [-0.05, 0) is 17.5 Å². The summed E-state index contributed by atoms with van der Waals surface area (Å²) in [6.45, 7) is 1.77. The molecule has 6 nitrogen and oxygen atoms in total. The van der Waals surface area contributed by atoms with Crippen LogP contribution in [0.25, 0.3) is 5.65 Å². The molecule has 0 bridgehead atoms. The van der Waals surface area contributed by atoms with E-state index in [9.17, 15) is 0 Å². The van der Waals surface area contributed by atoms with Crippen LogP contribution in [0.4, 0.5) is 11.8 Å². The normalized spacial score (nSPS) is 14.5. The van der Waals surface area contributed by atoms with Crippen molar-refractivity contribution >= 4 is 17.4 Å². The van der Waals surface area contributed by atoms with E-state index in [2.05, 4.69) is 44.2 Å². The molecule has 0 unspecified atom stereocenters. The van der Waals surface area contributed by atoms with Crippen molar-refractivity contribution in [3.63, 3.8) is 0 Å². The molecule has 3 aromatic rings. The molecule has 2 aromatic heterocycles. The van der Waals surface area contributed by atoms with Crippen molar-refractivity contribution in [2.45, 2.75) is 13.0 Å². The van der Waals surface area contributed by atoms with Crippen LogP contribution in [0.3, 0.4) is 0 Å². The second-order valence-corrected chi connectivity index (χ2v) is 4.93. The number of aromatic nitrogens is 4. The van der Waals surface area contributed by atoms with Crippen molar-refractivity contribution in [2.24, 2.45) is 0 Å². The Bertz CT molecular complexity index is 778. The van der Waals surface area contributed by atoms with E-state index in [1.807, 2.05) is 0 Å². The molecule has 1 aromatic carbocycles. The molecular formula is C14H14N6. The quantitative estimate of drug-likeness (QED) is 0.718. The Kier molecular flexibility index (Phi) is 2.35. The fraction of sp³-hybridized carbons (Fsp3) is 0.214. The van der Waals surface area contributed by atoms with Crippen molar-refractivity contribution in [3.8, 4) is 0 Å². The van der Waals surface area contributed by atoms with Crippen LogP contribution in [-0.4, -0.2) is 26.1 Å². The van der Waals surface area contributed by atoms with Crippen LogP contribution in [0.5, 0.6) is 0 Å². The van der Waals surface area contributed by atoms with Crippen LogP contribution in [0, 0.1) is 0 Å². The summed E-state index contributed by atoms with van der Waals surface area (Å²) in [5, 5.41) is 4.13. The van der Waals surface area contributed by atoms with Gasteiger partial charge in [-0.1, -0.05) is 24.3 Å². The van der Waals surface area contributed by atoms with Crippen LogP contribution in [0.2, 0.25) is 0 Å². The molecule has 3 heterocycles. The fourth-order valence-corrected chi connectivity index (χ4v) is 2.72.